The maximum absolute atomic E-state index is 10.7. The Kier molecular flexibility index (Phi) is 3.09. The molecule has 7 heteroatoms. The first-order chi connectivity index (χ1) is 7.51. The van der Waals surface area contributed by atoms with Crippen molar-refractivity contribution in [2.45, 2.75) is 0 Å². The number of carboxylic acid groups (broad SMARTS) is 1. The zero-order valence-corrected chi connectivity index (χ0v) is 7.75. The van der Waals surface area contributed by atoms with Crippen LogP contribution in [0.1, 0.15) is 31.1 Å². The lowest BCUT2D eigenvalue weighted by Gasteiger charge is -2.01. The zero-order valence-electron chi connectivity index (χ0n) is 7.75. The minimum absolute atomic E-state index is 0.0795. The molecular formula is C9H5NO6. The predicted molar refractivity (Wildman–Crippen MR) is 50.8 cm³/mol. The summed E-state index contributed by atoms with van der Waals surface area (Å²) in [5, 5.41) is 19.3. The van der Waals surface area contributed by atoms with E-state index in [1.165, 1.54) is 0 Å². The van der Waals surface area contributed by atoms with Crippen molar-refractivity contribution in [2.24, 2.45) is 0 Å². The van der Waals surface area contributed by atoms with E-state index < -0.39 is 27.7 Å². The summed E-state index contributed by atoms with van der Waals surface area (Å²) < 4.78 is 0. The highest BCUT2D eigenvalue weighted by atomic mass is 16.6. The van der Waals surface area contributed by atoms with Gasteiger partial charge in [-0.1, -0.05) is 0 Å². The second kappa shape index (κ2) is 4.30. The van der Waals surface area contributed by atoms with Gasteiger partial charge in [-0.3, -0.25) is 19.7 Å². The molecule has 1 aromatic carbocycles. The van der Waals surface area contributed by atoms with E-state index in [9.17, 15) is 24.5 Å². The van der Waals surface area contributed by atoms with E-state index >= 15 is 0 Å². The first kappa shape index (κ1) is 11.5. The summed E-state index contributed by atoms with van der Waals surface area (Å²) >= 11 is 0. The summed E-state index contributed by atoms with van der Waals surface area (Å²) in [6.07, 6.45) is 0.351. The van der Waals surface area contributed by atoms with Gasteiger partial charge in [0.1, 0.15) is 11.8 Å². The van der Waals surface area contributed by atoms with Crippen LogP contribution in [0.5, 0.6) is 0 Å². The molecule has 0 bridgehead atoms. The van der Waals surface area contributed by atoms with Crippen molar-refractivity contribution in [1.29, 1.82) is 0 Å². The number of aldehydes is 2. The van der Waals surface area contributed by atoms with Crippen LogP contribution in [0.25, 0.3) is 0 Å². The van der Waals surface area contributed by atoms with Crippen LogP contribution in [0.3, 0.4) is 0 Å². The Hall–Kier alpha value is -2.57. The number of carbonyl (C=O) groups excluding carboxylic acids is 2. The molecule has 0 aliphatic heterocycles. The molecule has 16 heavy (non-hydrogen) atoms. The second-order valence-electron chi connectivity index (χ2n) is 2.80. The van der Waals surface area contributed by atoms with E-state index in [2.05, 4.69) is 0 Å². The molecular weight excluding hydrogens is 218 g/mol. The van der Waals surface area contributed by atoms with Crippen molar-refractivity contribution in [1.82, 2.24) is 0 Å². The Labute approximate surface area is 88.5 Å². The summed E-state index contributed by atoms with van der Waals surface area (Å²) in [6, 6.07) is 1.76. The molecule has 0 amide bonds. The fourth-order valence-corrected chi connectivity index (χ4v) is 1.18. The van der Waals surface area contributed by atoms with Gasteiger partial charge in [-0.25, -0.2) is 4.79 Å². The average Bonchev–Trinajstić information content (AvgIpc) is 2.26. The SMILES string of the molecule is O=Cc1cc(C(=O)O)c(C=O)c([N+](=O)[O-])c1. The Balaban J connectivity index is 3.65. The van der Waals surface area contributed by atoms with E-state index in [1.807, 2.05) is 0 Å². The molecule has 0 radical (unpaired) electrons. The van der Waals surface area contributed by atoms with Gasteiger partial charge in [-0.15, -0.1) is 0 Å². The largest absolute Gasteiger partial charge is 0.478 e. The van der Waals surface area contributed by atoms with Gasteiger partial charge in [0, 0.05) is 11.6 Å². The number of nitro benzene ring substituents is 1. The number of carboxylic acids is 1. The Morgan fingerprint density at radius 2 is 1.94 bits per heavy atom. The van der Waals surface area contributed by atoms with Crippen LogP contribution in [-0.2, 0) is 0 Å². The molecule has 1 rings (SSSR count). The Morgan fingerprint density at radius 3 is 2.31 bits per heavy atom. The fourth-order valence-electron chi connectivity index (χ4n) is 1.18. The number of nitro groups is 1. The quantitative estimate of drug-likeness (QED) is 0.461. The van der Waals surface area contributed by atoms with Gasteiger partial charge in [0.25, 0.3) is 5.69 Å². The summed E-state index contributed by atoms with van der Waals surface area (Å²) in [5.74, 6) is -1.51. The van der Waals surface area contributed by atoms with Crippen LogP contribution in [0.2, 0.25) is 0 Å². The molecule has 82 valence electrons. The van der Waals surface area contributed by atoms with Crippen LogP contribution in [0.15, 0.2) is 12.1 Å². The maximum Gasteiger partial charge on any atom is 0.336 e. The monoisotopic (exact) mass is 223 g/mol. The van der Waals surface area contributed by atoms with Gasteiger partial charge >= 0.3 is 5.97 Å². The highest BCUT2D eigenvalue weighted by molar-refractivity contribution is 6.01. The maximum atomic E-state index is 10.7. The number of benzene rings is 1. The normalized spacial score (nSPS) is 9.50. The first-order valence-electron chi connectivity index (χ1n) is 3.97. The molecule has 0 fully saturated rings. The number of rotatable bonds is 4. The van der Waals surface area contributed by atoms with Gasteiger partial charge in [-0.2, -0.15) is 0 Å². The lowest BCUT2D eigenvalue weighted by molar-refractivity contribution is -0.385. The van der Waals surface area contributed by atoms with E-state index in [-0.39, 0.29) is 18.1 Å². The fraction of sp³-hybridized carbons (Fsp3) is 0. The summed E-state index contributed by atoms with van der Waals surface area (Å²) in [7, 11) is 0. The number of carbonyl (C=O) groups is 3. The van der Waals surface area contributed by atoms with Crippen molar-refractivity contribution in [3.63, 3.8) is 0 Å². The van der Waals surface area contributed by atoms with Crippen LogP contribution in [0, 0.1) is 10.1 Å². The molecule has 1 N–H and O–H groups in total. The summed E-state index contributed by atoms with van der Waals surface area (Å²) in [5.41, 5.74) is -1.99. The van der Waals surface area contributed by atoms with Crippen LogP contribution < -0.4 is 0 Å². The molecule has 0 aliphatic carbocycles. The standard InChI is InChI=1S/C9H5NO6/c11-3-5-1-6(9(13)14)7(4-12)8(2-5)10(15)16/h1-4H,(H,13,14). The average molecular weight is 223 g/mol. The van der Waals surface area contributed by atoms with Crippen LogP contribution in [0.4, 0.5) is 5.69 Å². The van der Waals surface area contributed by atoms with Gasteiger partial charge in [0.2, 0.25) is 0 Å². The van der Waals surface area contributed by atoms with Crippen LogP contribution in [-0.4, -0.2) is 28.6 Å². The third-order valence-electron chi connectivity index (χ3n) is 1.86. The third-order valence-corrected chi connectivity index (χ3v) is 1.86. The van der Waals surface area contributed by atoms with Gasteiger partial charge in [-0.05, 0) is 6.07 Å². The second-order valence-corrected chi connectivity index (χ2v) is 2.80. The van der Waals surface area contributed by atoms with Gasteiger partial charge < -0.3 is 5.11 Å². The van der Waals surface area contributed by atoms with Crippen molar-refractivity contribution in [2.75, 3.05) is 0 Å². The predicted octanol–water partition coefficient (Wildman–Crippen LogP) is 0.918. The Morgan fingerprint density at radius 1 is 1.31 bits per heavy atom. The lowest BCUT2D eigenvalue weighted by atomic mass is 10.0. The zero-order chi connectivity index (χ0) is 12.3. The number of nitrogens with zero attached hydrogens (tertiary/aromatic N) is 1. The summed E-state index contributed by atoms with van der Waals surface area (Å²) in [6.45, 7) is 0. The van der Waals surface area contributed by atoms with Crippen LogP contribution >= 0.6 is 0 Å². The summed E-state index contributed by atoms with van der Waals surface area (Å²) in [4.78, 5) is 41.4. The van der Waals surface area contributed by atoms with Crippen molar-refractivity contribution >= 4 is 24.2 Å². The van der Waals surface area contributed by atoms with Gasteiger partial charge in [0.05, 0.1) is 10.5 Å². The first-order valence-corrected chi connectivity index (χ1v) is 3.97. The molecule has 0 saturated carbocycles. The van der Waals surface area contributed by atoms with Crippen molar-refractivity contribution in [3.8, 4) is 0 Å². The van der Waals surface area contributed by atoms with Crippen molar-refractivity contribution in [3.05, 3.63) is 38.9 Å². The minimum atomic E-state index is -1.51. The molecule has 7 nitrogen and oxygen atoms in total. The number of hydrogen-bond donors (Lipinski definition) is 1. The van der Waals surface area contributed by atoms with E-state index in [4.69, 9.17) is 5.11 Å². The highest BCUT2D eigenvalue weighted by Crippen LogP contribution is 2.22. The van der Waals surface area contributed by atoms with E-state index in [1.54, 1.807) is 0 Å². The molecule has 0 aromatic heterocycles. The highest BCUT2D eigenvalue weighted by Gasteiger charge is 2.22. The van der Waals surface area contributed by atoms with Gasteiger partial charge in [0.15, 0.2) is 6.29 Å². The molecule has 0 saturated heterocycles. The smallest absolute Gasteiger partial charge is 0.336 e. The topological polar surface area (TPSA) is 115 Å². The Bertz CT molecular complexity index is 458. The van der Waals surface area contributed by atoms with Crippen molar-refractivity contribution < 1.29 is 24.4 Å². The van der Waals surface area contributed by atoms with E-state index in [0.717, 1.165) is 12.1 Å². The number of aromatic carboxylic acids is 1. The third kappa shape index (κ3) is 1.92. The molecule has 0 spiro atoms. The molecule has 0 heterocycles. The lowest BCUT2D eigenvalue weighted by Crippen LogP contribution is -2.06. The molecule has 0 unspecified atom stereocenters. The minimum Gasteiger partial charge on any atom is -0.478 e. The molecule has 1 aromatic rings. The molecule has 0 aliphatic rings. The number of hydrogen-bond acceptors (Lipinski definition) is 5. The molecule has 0 atom stereocenters. The van der Waals surface area contributed by atoms with E-state index in [0.29, 0.717) is 0 Å².